The maximum atomic E-state index is 5.95. The molecule has 21 heavy (non-hydrogen) atoms. The molecule has 1 fully saturated rings. The summed E-state index contributed by atoms with van der Waals surface area (Å²) in [6, 6.07) is 9.17. The third-order valence-corrected chi connectivity index (χ3v) is 4.30. The molecule has 118 valence electrons. The maximum absolute atomic E-state index is 5.95. The molecule has 0 bridgehead atoms. The standard InChI is InChI=1S/C18H30N2O/c1-3-11-19-15-16-7-6-9-18(14-16)21-13-10-17-8-4-5-12-20(17)2/h6-7,9,14,17,19H,3-5,8,10-13,15H2,1-2H3. The Bertz CT molecular complexity index is 408. The molecule has 1 heterocycles. The van der Waals surface area contributed by atoms with Gasteiger partial charge in [-0.15, -0.1) is 0 Å². The second-order valence-corrected chi connectivity index (χ2v) is 6.09. The zero-order valence-corrected chi connectivity index (χ0v) is 13.6. The van der Waals surface area contributed by atoms with Gasteiger partial charge in [0.2, 0.25) is 0 Å². The second-order valence-electron chi connectivity index (χ2n) is 6.09. The minimum Gasteiger partial charge on any atom is -0.494 e. The Kier molecular flexibility index (Phi) is 7.04. The first-order chi connectivity index (χ1) is 10.3. The van der Waals surface area contributed by atoms with Gasteiger partial charge < -0.3 is 15.0 Å². The van der Waals surface area contributed by atoms with Crippen LogP contribution >= 0.6 is 0 Å². The van der Waals surface area contributed by atoms with Gasteiger partial charge in [0.1, 0.15) is 5.75 Å². The Morgan fingerprint density at radius 1 is 1.33 bits per heavy atom. The number of rotatable bonds is 8. The molecule has 0 aliphatic carbocycles. The van der Waals surface area contributed by atoms with Gasteiger partial charge in [-0.25, -0.2) is 0 Å². The molecule has 2 rings (SSSR count). The van der Waals surface area contributed by atoms with E-state index in [1.54, 1.807) is 0 Å². The molecule has 3 nitrogen and oxygen atoms in total. The van der Waals surface area contributed by atoms with Crippen molar-refractivity contribution in [3.63, 3.8) is 0 Å². The lowest BCUT2D eigenvalue weighted by Gasteiger charge is -2.32. The van der Waals surface area contributed by atoms with Crippen LogP contribution in [-0.2, 0) is 6.54 Å². The highest BCUT2D eigenvalue weighted by molar-refractivity contribution is 5.28. The molecule has 0 aromatic heterocycles. The molecule has 0 spiro atoms. The minimum atomic E-state index is 0.702. The monoisotopic (exact) mass is 290 g/mol. The van der Waals surface area contributed by atoms with Gasteiger partial charge in [-0.2, -0.15) is 0 Å². The molecule has 1 saturated heterocycles. The van der Waals surface area contributed by atoms with Crippen molar-refractivity contribution in [1.29, 1.82) is 0 Å². The Labute approximate surface area is 129 Å². The van der Waals surface area contributed by atoms with E-state index in [1.807, 2.05) is 0 Å². The van der Waals surface area contributed by atoms with Crippen molar-refractivity contribution in [3.8, 4) is 5.75 Å². The first kappa shape index (κ1) is 16.3. The van der Waals surface area contributed by atoms with E-state index in [1.165, 1.54) is 37.8 Å². The summed E-state index contributed by atoms with van der Waals surface area (Å²) >= 11 is 0. The number of benzene rings is 1. The predicted molar refractivity (Wildman–Crippen MR) is 88.8 cm³/mol. The van der Waals surface area contributed by atoms with Crippen LogP contribution in [0.1, 0.15) is 44.6 Å². The number of piperidine rings is 1. The van der Waals surface area contributed by atoms with Crippen molar-refractivity contribution in [2.45, 2.75) is 51.6 Å². The van der Waals surface area contributed by atoms with Crippen LogP contribution in [0.2, 0.25) is 0 Å². The summed E-state index contributed by atoms with van der Waals surface area (Å²) in [5.74, 6) is 1.00. The van der Waals surface area contributed by atoms with Crippen LogP contribution in [0.25, 0.3) is 0 Å². The van der Waals surface area contributed by atoms with Crippen molar-refractivity contribution >= 4 is 0 Å². The summed E-state index contributed by atoms with van der Waals surface area (Å²) < 4.78 is 5.95. The highest BCUT2D eigenvalue weighted by Gasteiger charge is 2.18. The van der Waals surface area contributed by atoms with Crippen LogP contribution in [0.4, 0.5) is 0 Å². The first-order valence-corrected chi connectivity index (χ1v) is 8.42. The third kappa shape index (κ3) is 5.68. The molecule has 1 aromatic rings. The number of ether oxygens (including phenoxy) is 1. The van der Waals surface area contributed by atoms with Crippen molar-refractivity contribution in [1.82, 2.24) is 10.2 Å². The fraction of sp³-hybridized carbons (Fsp3) is 0.667. The van der Waals surface area contributed by atoms with Crippen LogP contribution in [0, 0.1) is 0 Å². The van der Waals surface area contributed by atoms with Crippen molar-refractivity contribution in [2.24, 2.45) is 0 Å². The van der Waals surface area contributed by atoms with E-state index in [0.29, 0.717) is 6.04 Å². The van der Waals surface area contributed by atoms with Crippen LogP contribution < -0.4 is 10.1 Å². The number of nitrogens with zero attached hydrogens (tertiary/aromatic N) is 1. The molecule has 1 unspecified atom stereocenters. The zero-order chi connectivity index (χ0) is 14.9. The predicted octanol–water partition coefficient (Wildman–Crippen LogP) is 3.44. The lowest BCUT2D eigenvalue weighted by molar-refractivity contribution is 0.153. The lowest BCUT2D eigenvalue weighted by Crippen LogP contribution is -2.37. The largest absolute Gasteiger partial charge is 0.494 e. The maximum Gasteiger partial charge on any atom is 0.119 e. The Hall–Kier alpha value is -1.06. The first-order valence-electron chi connectivity index (χ1n) is 8.42. The smallest absolute Gasteiger partial charge is 0.119 e. The number of hydrogen-bond donors (Lipinski definition) is 1. The summed E-state index contributed by atoms with van der Waals surface area (Å²) in [5, 5.41) is 3.43. The van der Waals surface area contributed by atoms with Gasteiger partial charge in [0, 0.05) is 12.6 Å². The average molecular weight is 290 g/mol. The van der Waals surface area contributed by atoms with E-state index in [2.05, 4.69) is 48.5 Å². The Morgan fingerprint density at radius 2 is 2.24 bits per heavy atom. The summed E-state index contributed by atoms with van der Waals surface area (Å²) in [6.07, 6.45) is 6.34. The molecule has 1 atom stereocenters. The van der Waals surface area contributed by atoms with Crippen molar-refractivity contribution in [2.75, 3.05) is 26.7 Å². The fourth-order valence-electron chi connectivity index (χ4n) is 2.98. The third-order valence-electron chi connectivity index (χ3n) is 4.30. The average Bonchev–Trinajstić information content (AvgIpc) is 2.50. The topological polar surface area (TPSA) is 24.5 Å². The van der Waals surface area contributed by atoms with Gasteiger partial charge in [0.25, 0.3) is 0 Å². The van der Waals surface area contributed by atoms with Gasteiger partial charge in [-0.3, -0.25) is 0 Å². The van der Waals surface area contributed by atoms with E-state index < -0.39 is 0 Å². The zero-order valence-electron chi connectivity index (χ0n) is 13.6. The molecular weight excluding hydrogens is 260 g/mol. The molecule has 3 heteroatoms. The summed E-state index contributed by atoms with van der Waals surface area (Å²) in [4.78, 5) is 2.48. The van der Waals surface area contributed by atoms with Gasteiger partial charge in [0.15, 0.2) is 0 Å². The van der Waals surface area contributed by atoms with E-state index in [9.17, 15) is 0 Å². The molecule has 1 N–H and O–H groups in total. The molecular formula is C18H30N2O. The van der Waals surface area contributed by atoms with Gasteiger partial charge in [-0.05, 0) is 63.5 Å². The fourth-order valence-corrected chi connectivity index (χ4v) is 2.98. The van der Waals surface area contributed by atoms with E-state index >= 15 is 0 Å². The number of nitrogens with one attached hydrogen (secondary N) is 1. The van der Waals surface area contributed by atoms with E-state index in [-0.39, 0.29) is 0 Å². The summed E-state index contributed by atoms with van der Waals surface area (Å²) in [7, 11) is 2.24. The van der Waals surface area contributed by atoms with Gasteiger partial charge in [0.05, 0.1) is 6.61 Å². The minimum absolute atomic E-state index is 0.702. The Balaban J connectivity index is 1.73. The quantitative estimate of drug-likeness (QED) is 0.742. The molecule has 1 aromatic carbocycles. The molecule has 0 amide bonds. The lowest BCUT2D eigenvalue weighted by atomic mass is 10.0. The van der Waals surface area contributed by atoms with Crippen molar-refractivity contribution < 1.29 is 4.74 Å². The van der Waals surface area contributed by atoms with Crippen LogP contribution in [0.3, 0.4) is 0 Å². The molecule has 1 aliphatic heterocycles. The van der Waals surface area contributed by atoms with Crippen LogP contribution in [-0.4, -0.2) is 37.7 Å². The van der Waals surface area contributed by atoms with Gasteiger partial charge in [-0.1, -0.05) is 25.5 Å². The molecule has 0 radical (unpaired) electrons. The summed E-state index contributed by atoms with van der Waals surface area (Å²) in [5.41, 5.74) is 1.30. The van der Waals surface area contributed by atoms with Crippen LogP contribution in [0.5, 0.6) is 5.75 Å². The SMILES string of the molecule is CCCNCc1cccc(OCCC2CCCCN2C)c1. The van der Waals surface area contributed by atoms with E-state index in [0.717, 1.165) is 31.9 Å². The van der Waals surface area contributed by atoms with E-state index in [4.69, 9.17) is 4.74 Å². The van der Waals surface area contributed by atoms with Gasteiger partial charge >= 0.3 is 0 Å². The van der Waals surface area contributed by atoms with Crippen LogP contribution in [0.15, 0.2) is 24.3 Å². The highest BCUT2D eigenvalue weighted by atomic mass is 16.5. The Morgan fingerprint density at radius 3 is 3.05 bits per heavy atom. The number of likely N-dealkylation sites (tertiary alicyclic amines) is 1. The summed E-state index contributed by atoms with van der Waals surface area (Å²) in [6.45, 7) is 6.24. The normalized spacial score (nSPS) is 19.6. The highest BCUT2D eigenvalue weighted by Crippen LogP contribution is 2.19. The van der Waals surface area contributed by atoms with Crippen molar-refractivity contribution in [3.05, 3.63) is 29.8 Å². The molecule has 1 aliphatic rings. The second kappa shape index (κ2) is 9.06. The molecule has 0 saturated carbocycles. The number of hydrogen-bond acceptors (Lipinski definition) is 3.